The van der Waals surface area contributed by atoms with Crippen molar-refractivity contribution >= 4 is 21.4 Å². The Morgan fingerprint density at radius 3 is 1.53 bits per heavy atom. The van der Waals surface area contributed by atoms with Gasteiger partial charge in [0.1, 0.15) is 5.82 Å². The van der Waals surface area contributed by atoms with E-state index in [2.05, 4.69) is 11.6 Å². The summed E-state index contributed by atoms with van der Waals surface area (Å²) in [6.45, 7) is 0. The summed E-state index contributed by atoms with van der Waals surface area (Å²) in [5.41, 5.74) is 0. The monoisotopic (exact) mass is 338 g/mol. The van der Waals surface area contributed by atoms with E-state index < -0.39 is 43.3 Å². The van der Waals surface area contributed by atoms with Crippen LogP contribution < -0.4 is 0 Å². The molecule has 0 saturated heterocycles. The van der Waals surface area contributed by atoms with Gasteiger partial charge >= 0.3 is 10.6 Å². The standard InChI is InChI=1S/C8H4ClF9S/c9-7(11,12)8(13,14)19(15,16,17,18)6-3-1-5(10)2-4-6/h1-4H. The molecule has 0 bridgehead atoms. The summed E-state index contributed by atoms with van der Waals surface area (Å²) in [5.74, 6) is -1.29. The van der Waals surface area contributed by atoms with Crippen LogP contribution in [-0.2, 0) is 0 Å². The van der Waals surface area contributed by atoms with Gasteiger partial charge in [0.2, 0.25) is 9.84 Å². The van der Waals surface area contributed by atoms with Gasteiger partial charge in [-0.1, -0.05) is 0 Å². The molecule has 19 heavy (non-hydrogen) atoms. The van der Waals surface area contributed by atoms with Crippen molar-refractivity contribution in [3.05, 3.63) is 30.1 Å². The summed E-state index contributed by atoms with van der Waals surface area (Å²) in [6.07, 6.45) is 0. The van der Waals surface area contributed by atoms with E-state index in [9.17, 15) is 37.5 Å². The van der Waals surface area contributed by atoms with Crippen LogP contribution >= 0.6 is 21.4 Å². The van der Waals surface area contributed by atoms with Gasteiger partial charge in [0, 0.05) is 0 Å². The van der Waals surface area contributed by atoms with Gasteiger partial charge < -0.3 is 0 Å². The van der Waals surface area contributed by atoms with Crippen LogP contribution in [0.4, 0.5) is 37.5 Å². The molecule has 11 heteroatoms. The highest BCUT2D eigenvalue weighted by molar-refractivity contribution is 8.50. The maximum atomic E-state index is 13.3. The zero-order valence-electron chi connectivity index (χ0n) is 8.50. The van der Waals surface area contributed by atoms with Crippen molar-refractivity contribution in [3.63, 3.8) is 0 Å². The molecule has 0 spiro atoms. The number of halogens is 10. The SMILES string of the molecule is Fc1ccc(S(F)(F)(F)(F)C(F)(F)C(F)(F)Cl)cc1. The fourth-order valence-electron chi connectivity index (χ4n) is 1.09. The minimum Gasteiger partial charge on any atom is -0.207 e. The lowest BCUT2D eigenvalue weighted by molar-refractivity contribution is -0.113. The van der Waals surface area contributed by atoms with Crippen molar-refractivity contribution in [1.29, 1.82) is 0 Å². The summed E-state index contributed by atoms with van der Waals surface area (Å²) in [4.78, 5) is -2.70. The van der Waals surface area contributed by atoms with E-state index in [-0.39, 0.29) is 12.1 Å². The Bertz CT molecular complexity index is 497. The molecule has 0 saturated carbocycles. The van der Waals surface area contributed by atoms with Gasteiger partial charge in [-0.05, 0) is 35.9 Å². The van der Waals surface area contributed by atoms with Crippen LogP contribution in [0.25, 0.3) is 0 Å². The molecule has 0 amide bonds. The maximum Gasteiger partial charge on any atom is 0.434 e. The van der Waals surface area contributed by atoms with Crippen LogP contribution in [-0.4, -0.2) is 10.6 Å². The summed E-state index contributed by atoms with van der Waals surface area (Å²) in [6, 6.07) is -0.771. The van der Waals surface area contributed by atoms with E-state index in [1.54, 1.807) is 0 Å². The second-order valence-corrected chi connectivity index (χ2v) is 7.13. The van der Waals surface area contributed by atoms with Gasteiger partial charge in [-0.15, -0.1) is 15.5 Å². The highest BCUT2D eigenvalue weighted by Crippen LogP contribution is 3.08. The Labute approximate surface area is 105 Å². The third kappa shape index (κ3) is 2.14. The zero-order chi connectivity index (χ0) is 15.4. The van der Waals surface area contributed by atoms with Crippen molar-refractivity contribution in [2.24, 2.45) is 0 Å². The summed E-state index contributed by atoms with van der Waals surface area (Å²) in [5, 5.41) is -13.3. The van der Waals surface area contributed by atoms with Crippen molar-refractivity contribution < 1.29 is 37.5 Å². The Hall–Kier alpha value is -0.770. The second-order valence-electron chi connectivity index (χ2n) is 3.54. The zero-order valence-corrected chi connectivity index (χ0v) is 10.1. The van der Waals surface area contributed by atoms with E-state index in [4.69, 9.17) is 0 Å². The third-order valence-corrected chi connectivity index (χ3v) is 4.99. The molecular formula is C8H4ClF9S. The van der Waals surface area contributed by atoms with Crippen LogP contribution in [0.2, 0.25) is 0 Å². The van der Waals surface area contributed by atoms with Crippen molar-refractivity contribution in [3.8, 4) is 0 Å². The molecular weight excluding hydrogens is 335 g/mol. The highest BCUT2D eigenvalue weighted by Gasteiger charge is 2.90. The average molecular weight is 339 g/mol. The van der Waals surface area contributed by atoms with Gasteiger partial charge in [-0.25, -0.2) is 4.39 Å². The Balaban J connectivity index is 3.68. The first-order valence-electron chi connectivity index (χ1n) is 4.23. The fourth-order valence-corrected chi connectivity index (χ4v) is 3.00. The Morgan fingerprint density at radius 1 is 0.842 bits per heavy atom. The Kier molecular flexibility index (Phi) is 2.96. The van der Waals surface area contributed by atoms with Crippen molar-refractivity contribution in [2.75, 3.05) is 0 Å². The molecule has 0 heterocycles. The number of alkyl halides is 5. The Morgan fingerprint density at radius 2 is 1.21 bits per heavy atom. The quantitative estimate of drug-likeness (QED) is 0.467. The van der Waals surface area contributed by atoms with Crippen LogP contribution in [0.5, 0.6) is 0 Å². The van der Waals surface area contributed by atoms with Crippen LogP contribution in [0.3, 0.4) is 0 Å². The first-order chi connectivity index (χ1) is 8.03. The van der Waals surface area contributed by atoms with Gasteiger partial charge in [0.05, 0.1) is 4.90 Å². The first kappa shape index (κ1) is 16.3. The molecule has 112 valence electrons. The predicted molar refractivity (Wildman–Crippen MR) is 52.4 cm³/mol. The molecule has 0 aromatic heterocycles. The molecule has 0 fully saturated rings. The topological polar surface area (TPSA) is 0 Å². The van der Waals surface area contributed by atoms with E-state index in [0.717, 1.165) is 0 Å². The van der Waals surface area contributed by atoms with E-state index in [0.29, 0.717) is 0 Å². The number of hydrogen-bond donors (Lipinski definition) is 0. The minimum atomic E-state index is -10.8. The van der Waals surface area contributed by atoms with Gasteiger partial charge in [-0.2, -0.15) is 17.6 Å². The third-order valence-electron chi connectivity index (χ3n) is 2.13. The minimum absolute atomic E-state index is 0.0100. The van der Waals surface area contributed by atoms with Gasteiger partial charge in [0.15, 0.2) is 0 Å². The number of benzene rings is 1. The molecule has 0 N–H and O–H groups in total. The molecule has 0 radical (unpaired) electrons. The average Bonchev–Trinajstić information content (AvgIpc) is 2.14. The first-order valence-corrected chi connectivity index (χ1v) is 6.66. The van der Waals surface area contributed by atoms with Crippen LogP contribution in [0.15, 0.2) is 29.2 Å². The van der Waals surface area contributed by atoms with Gasteiger partial charge in [-0.3, -0.25) is 0 Å². The van der Waals surface area contributed by atoms with Crippen LogP contribution in [0.1, 0.15) is 0 Å². The molecule has 1 aromatic rings. The van der Waals surface area contributed by atoms with E-state index in [1.165, 1.54) is 0 Å². The smallest absolute Gasteiger partial charge is 0.207 e. The second kappa shape index (κ2) is 3.46. The summed E-state index contributed by atoms with van der Waals surface area (Å²) < 4.78 is 116. The fraction of sp³-hybridized carbons (Fsp3) is 0.250. The van der Waals surface area contributed by atoms with Crippen LogP contribution in [0, 0.1) is 5.82 Å². The number of rotatable bonds is 3. The summed E-state index contributed by atoms with van der Waals surface area (Å²) >= 11 is 3.68. The molecule has 0 atom stereocenters. The summed E-state index contributed by atoms with van der Waals surface area (Å²) in [7, 11) is -10.8. The number of hydrogen-bond acceptors (Lipinski definition) is 0. The van der Waals surface area contributed by atoms with E-state index in [1.807, 2.05) is 0 Å². The van der Waals surface area contributed by atoms with E-state index >= 15 is 0 Å². The lowest BCUT2D eigenvalue weighted by Gasteiger charge is -2.54. The lowest BCUT2D eigenvalue weighted by Crippen LogP contribution is -2.47. The molecule has 0 aliphatic carbocycles. The molecule has 0 nitrogen and oxygen atoms in total. The molecule has 1 aromatic carbocycles. The predicted octanol–water partition coefficient (Wildman–Crippen LogP) is 6.02. The normalized spacial score (nSPS) is 17.8. The van der Waals surface area contributed by atoms with Gasteiger partial charge in [0.25, 0.3) is 0 Å². The lowest BCUT2D eigenvalue weighted by atomic mass is 10.4. The molecule has 0 aliphatic heterocycles. The molecule has 1 rings (SSSR count). The maximum absolute atomic E-state index is 13.3. The molecule has 0 unspecified atom stereocenters. The molecule has 0 aliphatic rings. The highest BCUT2D eigenvalue weighted by atomic mass is 35.5. The van der Waals surface area contributed by atoms with Crippen molar-refractivity contribution in [1.82, 2.24) is 0 Å². The largest absolute Gasteiger partial charge is 0.434 e. The van der Waals surface area contributed by atoms with Crippen molar-refractivity contribution in [2.45, 2.75) is 15.5 Å².